The van der Waals surface area contributed by atoms with E-state index in [-0.39, 0.29) is 6.42 Å². The van der Waals surface area contributed by atoms with E-state index in [4.69, 9.17) is 5.11 Å². The summed E-state index contributed by atoms with van der Waals surface area (Å²) < 4.78 is 78.1. The predicted octanol–water partition coefficient (Wildman–Crippen LogP) is 4.30. The molecule has 0 saturated carbocycles. The van der Waals surface area contributed by atoms with Crippen molar-refractivity contribution in [2.24, 2.45) is 0 Å². The molecule has 0 aliphatic heterocycles. The second-order valence-corrected chi connectivity index (χ2v) is 5.04. The molecule has 3 nitrogen and oxygen atoms in total. The average Bonchev–Trinajstić information content (AvgIpc) is 2.41. The number of carbonyl (C=O) groups excluding carboxylic acids is 1. The number of alkyl halides is 6. The lowest BCUT2D eigenvalue weighted by Gasteiger charge is -2.29. The lowest BCUT2D eigenvalue weighted by Crippen LogP contribution is -2.63. The van der Waals surface area contributed by atoms with Crippen molar-refractivity contribution in [1.29, 1.82) is 0 Å². The second-order valence-electron chi connectivity index (χ2n) is 5.04. The summed E-state index contributed by atoms with van der Waals surface area (Å²) in [7, 11) is 0. The highest BCUT2D eigenvalue weighted by molar-refractivity contribution is 5.81. The molecule has 0 heterocycles. The molecule has 0 aliphatic carbocycles. The molecule has 0 fully saturated rings. The summed E-state index contributed by atoms with van der Waals surface area (Å²) >= 11 is 0. The van der Waals surface area contributed by atoms with Crippen molar-refractivity contribution in [3.05, 3.63) is 12.7 Å². The lowest BCUT2D eigenvalue weighted by atomic mass is 10.0. The fourth-order valence-electron chi connectivity index (χ4n) is 1.76. The van der Waals surface area contributed by atoms with Crippen molar-refractivity contribution in [2.45, 2.75) is 62.9 Å². The summed E-state index contributed by atoms with van der Waals surface area (Å²) in [6.45, 7) is 2.95. The first kappa shape index (κ1) is 21.8. The van der Waals surface area contributed by atoms with E-state index in [0.29, 0.717) is 6.42 Å². The van der Waals surface area contributed by atoms with E-state index in [1.165, 1.54) is 0 Å². The van der Waals surface area contributed by atoms with Crippen molar-refractivity contribution in [3.8, 4) is 0 Å². The van der Waals surface area contributed by atoms with Crippen molar-refractivity contribution in [3.63, 3.8) is 0 Å². The third-order valence-corrected chi connectivity index (χ3v) is 3.15. The van der Waals surface area contributed by atoms with Crippen LogP contribution in [0.2, 0.25) is 0 Å². The summed E-state index contributed by atoms with van der Waals surface area (Å²) in [6, 6.07) is 0. The van der Waals surface area contributed by atoms with Gasteiger partial charge in [0.05, 0.1) is 6.61 Å². The Labute approximate surface area is 130 Å². The monoisotopic (exact) mass is 350 g/mol. The van der Waals surface area contributed by atoms with Gasteiger partial charge in [0.2, 0.25) is 0 Å². The molecule has 0 spiro atoms. The molecular weight excluding hydrogens is 330 g/mol. The van der Waals surface area contributed by atoms with Crippen LogP contribution in [0.4, 0.5) is 26.3 Å². The van der Waals surface area contributed by atoms with Gasteiger partial charge in [-0.3, -0.25) is 0 Å². The van der Waals surface area contributed by atoms with Gasteiger partial charge in [-0.1, -0.05) is 31.8 Å². The topological polar surface area (TPSA) is 46.5 Å². The fraction of sp³-hybridized carbons (Fsp3) is 0.786. The Morgan fingerprint density at radius 1 is 0.913 bits per heavy atom. The molecule has 0 aromatic heterocycles. The zero-order chi connectivity index (χ0) is 18.1. The quantitative estimate of drug-likeness (QED) is 0.277. The van der Waals surface area contributed by atoms with Crippen LogP contribution in [0.5, 0.6) is 0 Å². The summed E-state index contributed by atoms with van der Waals surface area (Å²) in [4.78, 5) is 11.0. The molecule has 23 heavy (non-hydrogen) atoms. The number of unbranched alkanes of at least 4 members (excludes halogenated alkanes) is 6. The Morgan fingerprint density at radius 2 is 1.35 bits per heavy atom. The largest absolute Gasteiger partial charge is 0.463 e. The molecule has 0 atom stereocenters. The van der Waals surface area contributed by atoms with E-state index in [9.17, 15) is 31.1 Å². The van der Waals surface area contributed by atoms with Crippen LogP contribution in [-0.2, 0) is 9.53 Å². The second kappa shape index (κ2) is 9.14. The van der Waals surface area contributed by atoms with Crippen LogP contribution in [0.15, 0.2) is 12.7 Å². The first-order valence-electron chi connectivity index (χ1n) is 7.12. The Balaban J connectivity index is 4.20. The van der Waals surface area contributed by atoms with Crippen molar-refractivity contribution < 1.29 is 41.0 Å². The molecule has 0 aromatic rings. The summed E-state index contributed by atoms with van der Waals surface area (Å²) in [6.07, 6.45) is -5.64. The van der Waals surface area contributed by atoms with Gasteiger partial charge in [0.25, 0.3) is 0 Å². The molecular formula is C14H20F6O3. The number of halogens is 6. The SMILES string of the molecule is C=CCCCCCCCCOC(=O)C(O)(C(F)(F)F)C(F)(F)F. The van der Waals surface area contributed by atoms with Gasteiger partial charge in [0.1, 0.15) is 0 Å². The molecule has 0 aliphatic rings. The number of allylic oxidation sites excluding steroid dienone is 1. The molecule has 0 radical (unpaired) electrons. The van der Waals surface area contributed by atoms with Crippen LogP contribution in [0.1, 0.15) is 44.9 Å². The lowest BCUT2D eigenvalue weighted by molar-refractivity contribution is -0.356. The Morgan fingerprint density at radius 3 is 1.78 bits per heavy atom. The third kappa shape index (κ3) is 6.40. The standard InChI is InChI=1S/C14H20F6O3/c1-2-3-4-5-6-7-8-9-10-23-11(21)12(22,13(15,16)17)14(18,19)20/h2,22H,1,3-10H2. The molecule has 9 heteroatoms. The number of hydrogen-bond donors (Lipinski definition) is 1. The van der Waals surface area contributed by atoms with Crippen LogP contribution in [0, 0.1) is 0 Å². The minimum absolute atomic E-state index is 0.124. The van der Waals surface area contributed by atoms with Crippen LogP contribution in [0.25, 0.3) is 0 Å². The number of rotatable bonds is 10. The molecule has 0 amide bonds. The zero-order valence-corrected chi connectivity index (χ0v) is 12.5. The zero-order valence-electron chi connectivity index (χ0n) is 12.5. The number of carbonyl (C=O) groups is 1. The summed E-state index contributed by atoms with van der Waals surface area (Å²) in [5, 5.41) is 8.74. The third-order valence-electron chi connectivity index (χ3n) is 3.15. The van der Waals surface area contributed by atoms with Crippen LogP contribution >= 0.6 is 0 Å². The minimum atomic E-state index is -6.20. The van der Waals surface area contributed by atoms with Crippen molar-refractivity contribution in [1.82, 2.24) is 0 Å². The van der Waals surface area contributed by atoms with E-state index < -0.39 is 30.5 Å². The smallest absolute Gasteiger partial charge is 0.437 e. The van der Waals surface area contributed by atoms with Gasteiger partial charge in [0.15, 0.2) is 0 Å². The first-order valence-corrected chi connectivity index (χ1v) is 7.12. The van der Waals surface area contributed by atoms with Crippen LogP contribution in [-0.4, -0.2) is 35.6 Å². The number of ether oxygens (including phenoxy) is 1. The van der Waals surface area contributed by atoms with Gasteiger partial charge in [-0.25, -0.2) is 4.79 Å². The van der Waals surface area contributed by atoms with Gasteiger partial charge in [-0.05, 0) is 19.3 Å². The highest BCUT2D eigenvalue weighted by Crippen LogP contribution is 2.43. The highest BCUT2D eigenvalue weighted by atomic mass is 19.4. The van der Waals surface area contributed by atoms with Crippen LogP contribution < -0.4 is 0 Å². The average molecular weight is 350 g/mol. The molecule has 0 rings (SSSR count). The first-order chi connectivity index (χ1) is 10.5. The van der Waals surface area contributed by atoms with Gasteiger partial charge < -0.3 is 9.84 Å². The predicted molar refractivity (Wildman–Crippen MR) is 70.5 cm³/mol. The maximum Gasteiger partial charge on any atom is 0.437 e. The minimum Gasteiger partial charge on any atom is -0.463 e. The maximum absolute atomic E-state index is 12.4. The normalized spacial score (nSPS) is 13.0. The van der Waals surface area contributed by atoms with E-state index >= 15 is 0 Å². The van der Waals surface area contributed by atoms with E-state index in [0.717, 1.165) is 32.1 Å². The van der Waals surface area contributed by atoms with Gasteiger partial charge in [0, 0.05) is 0 Å². The number of hydrogen-bond acceptors (Lipinski definition) is 3. The summed E-state index contributed by atoms with van der Waals surface area (Å²) in [5.74, 6) is -2.75. The van der Waals surface area contributed by atoms with Crippen molar-refractivity contribution >= 4 is 5.97 Å². The van der Waals surface area contributed by atoms with Gasteiger partial charge in [-0.15, -0.1) is 6.58 Å². The number of esters is 1. The highest BCUT2D eigenvalue weighted by Gasteiger charge is 2.76. The molecule has 0 unspecified atom stereocenters. The number of aliphatic hydroxyl groups is 1. The van der Waals surface area contributed by atoms with Gasteiger partial charge >= 0.3 is 23.9 Å². The molecule has 0 aromatic carbocycles. The Kier molecular flexibility index (Phi) is 8.65. The van der Waals surface area contributed by atoms with E-state index in [1.54, 1.807) is 6.08 Å². The Hall–Kier alpha value is -1.25. The molecule has 136 valence electrons. The fourth-order valence-corrected chi connectivity index (χ4v) is 1.76. The molecule has 0 bridgehead atoms. The van der Waals surface area contributed by atoms with Crippen LogP contribution in [0.3, 0.4) is 0 Å². The molecule has 0 saturated heterocycles. The summed E-state index contributed by atoms with van der Waals surface area (Å²) in [5.41, 5.74) is -5.50. The van der Waals surface area contributed by atoms with Gasteiger partial charge in [-0.2, -0.15) is 26.3 Å². The van der Waals surface area contributed by atoms with E-state index in [1.807, 2.05) is 0 Å². The maximum atomic E-state index is 12.4. The molecule has 1 N–H and O–H groups in total. The Bertz CT molecular complexity index is 362. The van der Waals surface area contributed by atoms with Crippen molar-refractivity contribution in [2.75, 3.05) is 6.61 Å². The van der Waals surface area contributed by atoms with E-state index in [2.05, 4.69) is 11.3 Å².